The Kier molecular flexibility index (Phi) is 4.90. The Bertz CT molecular complexity index is 668. The molecule has 1 unspecified atom stereocenters. The molecule has 4 nitrogen and oxygen atoms in total. The van der Waals surface area contributed by atoms with Gasteiger partial charge in [-0.1, -0.05) is 19.4 Å². The minimum atomic E-state index is -0.875. The smallest absolute Gasteiger partial charge is 0.303 e. The molecule has 0 aliphatic heterocycles. The number of carboxylic acid groups (broad SMARTS) is 1. The molecule has 2 rings (SSSR count). The van der Waals surface area contributed by atoms with Crippen molar-refractivity contribution < 1.29 is 19.1 Å². The summed E-state index contributed by atoms with van der Waals surface area (Å²) in [4.78, 5) is 23.2. The van der Waals surface area contributed by atoms with Crippen molar-refractivity contribution >= 4 is 33.3 Å². The van der Waals surface area contributed by atoms with Crippen LogP contribution in [0.3, 0.4) is 0 Å². The van der Waals surface area contributed by atoms with Crippen LogP contribution in [0.5, 0.6) is 0 Å². The Morgan fingerprint density at radius 3 is 2.81 bits per heavy atom. The summed E-state index contributed by atoms with van der Waals surface area (Å²) in [5.41, 5.74) is 0. The molecule has 1 atom stereocenters. The molecule has 0 saturated heterocycles. The Hall–Kier alpha value is -1.95. The van der Waals surface area contributed by atoms with Crippen molar-refractivity contribution in [1.82, 2.24) is 5.32 Å². The quantitative estimate of drug-likeness (QED) is 0.860. The first kappa shape index (κ1) is 15.4. The maximum Gasteiger partial charge on any atom is 0.303 e. The first-order valence-corrected chi connectivity index (χ1v) is 7.51. The molecule has 2 N–H and O–H groups in total. The minimum Gasteiger partial charge on any atom is -0.481 e. The van der Waals surface area contributed by atoms with Crippen LogP contribution in [-0.4, -0.2) is 23.5 Å². The van der Waals surface area contributed by atoms with Gasteiger partial charge in [0.1, 0.15) is 5.82 Å². The molecule has 0 bridgehead atoms. The minimum absolute atomic E-state index is 0.0256. The second kappa shape index (κ2) is 6.67. The van der Waals surface area contributed by atoms with E-state index in [4.69, 9.17) is 5.11 Å². The van der Waals surface area contributed by atoms with Gasteiger partial charge >= 0.3 is 5.97 Å². The summed E-state index contributed by atoms with van der Waals surface area (Å²) in [6, 6.07) is 6.26. The van der Waals surface area contributed by atoms with Gasteiger partial charge < -0.3 is 10.4 Å². The third-order valence-electron chi connectivity index (χ3n) is 3.32. The highest BCUT2D eigenvalue weighted by Gasteiger charge is 2.15. The fourth-order valence-corrected chi connectivity index (χ4v) is 3.06. The topological polar surface area (TPSA) is 66.4 Å². The van der Waals surface area contributed by atoms with E-state index in [1.165, 1.54) is 23.5 Å². The molecule has 0 aliphatic rings. The predicted octanol–water partition coefficient (Wildman–Crippen LogP) is 3.27. The fraction of sp³-hybridized carbons (Fsp3) is 0.333. The predicted molar refractivity (Wildman–Crippen MR) is 80.2 cm³/mol. The molecular formula is C15H16FNO3S. The molecule has 0 saturated carbocycles. The van der Waals surface area contributed by atoms with Gasteiger partial charge in [-0.2, -0.15) is 0 Å². The van der Waals surface area contributed by atoms with Crippen LogP contribution in [0.4, 0.5) is 4.39 Å². The number of amides is 1. The van der Waals surface area contributed by atoms with Crippen molar-refractivity contribution in [2.75, 3.05) is 6.54 Å². The monoisotopic (exact) mass is 309 g/mol. The molecule has 0 aliphatic carbocycles. The van der Waals surface area contributed by atoms with E-state index in [-0.39, 0.29) is 24.1 Å². The first-order valence-electron chi connectivity index (χ1n) is 6.69. The number of hydrogen-bond donors (Lipinski definition) is 2. The Balaban J connectivity index is 2.05. The van der Waals surface area contributed by atoms with Crippen molar-refractivity contribution in [2.45, 2.75) is 19.8 Å². The van der Waals surface area contributed by atoms with E-state index in [1.807, 2.05) is 6.92 Å². The fourth-order valence-electron chi connectivity index (χ4n) is 2.07. The number of thiophene rings is 1. The van der Waals surface area contributed by atoms with Gasteiger partial charge in [0.05, 0.1) is 4.88 Å². The number of aliphatic carboxylic acids is 1. The van der Waals surface area contributed by atoms with E-state index in [1.54, 1.807) is 12.1 Å². The van der Waals surface area contributed by atoms with Gasteiger partial charge in [0.2, 0.25) is 0 Å². The zero-order valence-electron chi connectivity index (χ0n) is 11.6. The van der Waals surface area contributed by atoms with Crippen molar-refractivity contribution in [3.8, 4) is 0 Å². The lowest BCUT2D eigenvalue weighted by atomic mass is 10.0. The SMILES string of the molecule is CCC(CNC(=O)c1cc2c(F)cccc2s1)CC(=O)O. The highest BCUT2D eigenvalue weighted by molar-refractivity contribution is 7.20. The van der Waals surface area contributed by atoms with Crippen molar-refractivity contribution in [3.05, 3.63) is 35.0 Å². The molecule has 112 valence electrons. The van der Waals surface area contributed by atoms with Crippen molar-refractivity contribution in [1.29, 1.82) is 0 Å². The van der Waals surface area contributed by atoms with Gasteiger partial charge in [0.15, 0.2) is 0 Å². The molecule has 2 aromatic rings. The average molecular weight is 309 g/mol. The van der Waals surface area contributed by atoms with Crippen molar-refractivity contribution in [3.63, 3.8) is 0 Å². The van der Waals surface area contributed by atoms with E-state index in [9.17, 15) is 14.0 Å². The number of nitrogens with one attached hydrogen (secondary N) is 1. The number of fused-ring (bicyclic) bond motifs is 1. The third-order valence-corrected chi connectivity index (χ3v) is 4.42. The van der Waals surface area contributed by atoms with Gasteiger partial charge in [-0.05, 0) is 24.1 Å². The van der Waals surface area contributed by atoms with Crippen LogP contribution >= 0.6 is 11.3 Å². The summed E-state index contributed by atoms with van der Waals surface area (Å²) in [6.07, 6.45) is 0.700. The molecule has 1 aromatic carbocycles. The van der Waals surface area contributed by atoms with Gasteiger partial charge in [-0.3, -0.25) is 9.59 Å². The number of carbonyl (C=O) groups is 2. The van der Waals surface area contributed by atoms with Crippen LogP contribution in [0.2, 0.25) is 0 Å². The summed E-state index contributed by atoms with van der Waals surface area (Å²) < 4.78 is 14.3. The zero-order valence-corrected chi connectivity index (χ0v) is 12.4. The lowest BCUT2D eigenvalue weighted by Gasteiger charge is -2.12. The van der Waals surface area contributed by atoms with Crippen LogP contribution in [0.15, 0.2) is 24.3 Å². The Morgan fingerprint density at radius 1 is 1.43 bits per heavy atom. The molecular weight excluding hydrogens is 293 g/mol. The third kappa shape index (κ3) is 3.78. The largest absolute Gasteiger partial charge is 0.481 e. The van der Waals surface area contributed by atoms with Gasteiger partial charge in [0.25, 0.3) is 5.91 Å². The highest BCUT2D eigenvalue weighted by Crippen LogP contribution is 2.27. The second-order valence-corrected chi connectivity index (χ2v) is 5.93. The van der Waals surface area contributed by atoms with Crippen LogP contribution in [0.1, 0.15) is 29.4 Å². The van der Waals surface area contributed by atoms with E-state index in [2.05, 4.69) is 5.32 Å². The van der Waals surface area contributed by atoms with E-state index < -0.39 is 5.97 Å². The van der Waals surface area contributed by atoms with E-state index in [0.717, 1.165) is 4.70 Å². The van der Waals surface area contributed by atoms with Gasteiger partial charge in [-0.15, -0.1) is 11.3 Å². The number of carbonyl (C=O) groups excluding carboxylic acids is 1. The maximum absolute atomic E-state index is 13.6. The molecule has 0 spiro atoms. The van der Waals surface area contributed by atoms with Crippen LogP contribution < -0.4 is 5.32 Å². The average Bonchev–Trinajstić information content (AvgIpc) is 2.88. The Morgan fingerprint density at radius 2 is 2.19 bits per heavy atom. The summed E-state index contributed by atoms with van der Waals surface area (Å²) in [7, 11) is 0. The lowest BCUT2D eigenvalue weighted by Crippen LogP contribution is -2.29. The van der Waals surface area contributed by atoms with Crippen molar-refractivity contribution in [2.24, 2.45) is 5.92 Å². The first-order chi connectivity index (χ1) is 10.0. The molecule has 6 heteroatoms. The van der Waals surface area contributed by atoms with Gasteiger partial charge in [0, 0.05) is 23.1 Å². The number of hydrogen-bond acceptors (Lipinski definition) is 3. The zero-order chi connectivity index (χ0) is 15.4. The molecule has 1 heterocycles. The number of carboxylic acids is 1. The molecule has 0 radical (unpaired) electrons. The number of benzene rings is 1. The van der Waals surface area contributed by atoms with E-state index >= 15 is 0 Å². The molecule has 21 heavy (non-hydrogen) atoms. The second-order valence-electron chi connectivity index (χ2n) is 4.84. The number of rotatable bonds is 6. The molecule has 1 amide bonds. The van der Waals surface area contributed by atoms with Crippen LogP contribution in [0, 0.1) is 11.7 Å². The lowest BCUT2D eigenvalue weighted by molar-refractivity contribution is -0.138. The molecule has 1 aromatic heterocycles. The Labute approximate surface area is 125 Å². The summed E-state index contributed by atoms with van der Waals surface area (Å²) in [5.74, 6) is -1.61. The summed E-state index contributed by atoms with van der Waals surface area (Å²) in [6.45, 7) is 2.19. The highest BCUT2D eigenvalue weighted by atomic mass is 32.1. The summed E-state index contributed by atoms with van der Waals surface area (Å²) >= 11 is 1.22. The maximum atomic E-state index is 13.6. The number of halogens is 1. The summed E-state index contributed by atoms with van der Waals surface area (Å²) in [5, 5.41) is 11.9. The normalized spacial score (nSPS) is 12.3. The van der Waals surface area contributed by atoms with Crippen LogP contribution in [0.25, 0.3) is 10.1 Å². The van der Waals surface area contributed by atoms with E-state index in [0.29, 0.717) is 23.2 Å². The molecule has 0 fully saturated rings. The standard InChI is InChI=1S/C15H16FNO3S/c1-2-9(6-14(18)19)8-17-15(20)13-7-10-11(16)4-3-5-12(10)21-13/h3-5,7,9H,2,6,8H2,1H3,(H,17,20)(H,18,19). The van der Waals surface area contributed by atoms with Gasteiger partial charge in [-0.25, -0.2) is 4.39 Å². The van der Waals surface area contributed by atoms with Crippen LogP contribution in [-0.2, 0) is 4.79 Å².